The maximum atomic E-state index is 11.4. The Bertz CT molecular complexity index is 548. The summed E-state index contributed by atoms with van der Waals surface area (Å²) < 4.78 is 32.3. The summed E-state index contributed by atoms with van der Waals surface area (Å²) in [4.78, 5) is 11.4. The summed E-state index contributed by atoms with van der Waals surface area (Å²) in [6.07, 6.45) is 2.13. The molecule has 0 aromatic carbocycles. The molecule has 1 fully saturated rings. The molecule has 1 saturated heterocycles. The van der Waals surface area contributed by atoms with Gasteiger partial charge in [0.05, 0.1) is 24.9 Å². The molecule has 1 atom stereocenters. The van der Waals surface area contributed by atoms with Crippen molar-refractivity contribution in [2.45, 2.75) is 13.0 Å². The first kappa shape index (κ1) is 14.1. The van der Waals surface area contributed by atoms with E-state index in [4.69, 9.17) is 4.42 Å². The molecule has 2 rings (SSSR count). The summed E-state index contributed by atoms with van der Waals surface area (Å²) in [5.41, 5.74) is 0.715. The van der Waals surface area contributed by atoms with Crippen molar-refractivity contribution in [1.29, 1.82) is 0 Å². The smallest absolute Gasteiger partial charge is 0.374 e. The number of sulfone groups is 1. The standard InChI is InChI=1S/C12H17NO5S/c1-17-12(14)11-10(2-4-18-11)7-13-6-9-3-5-19(15,16)8-9/h2,4,9,13H,3,5-8H2,1H3. The fourth-order valence-corrected chi connectivity index (χ4v) is 4.05. The predicted molar refractivity (Wildman–Crippen MR) is 68.5 cm³/mol. The van der Waals surface area contributed by atoms with Crippen molar-refractivity contribution in [2.75, 3.05) is 25.2 Å². The number of ether oxygens (including phenoxy) is 1. The molecule has 19 heavy (non-hydrogen) atoms. The third kappa shape index (κ3) is 3.57. The van der Waals surface area contributed by atoms with Crippen molar-refractivity contribution in [3.05, 3.63) is 23.7 Å². The second-order valence-corrected chi connectivity index (χ2v) is 6.90. The van der Waals surface area contributed by atoms with Gasteiger partial charge in [0, 0.05) is 12.1 Å². The fourth-order valence-electron chi connectivity index (χ4n) is 2.19. The summed E-state index contributed by atoms with van der Waals surface area (Å²) in [5, 5.41) is 3.15. The summed E-state index contributed by atoms with van der Waals surface area (Å²) >= 11 is 0. The molecule has 2 heterocycles. The van der Waals surface area contributed by atoms with E-state index in [2.05, 4.69) is 10.1 Å². The second-order valence-electron chi connectivity index (χ2n) is 4.67. The normalized spacial score (nSPS) is 21.4. The van der Waals surface area contributed by atoms with Crippen LogP contribution in [-0.2, 0) is 21.1 Å². The van der Waals surface area contributed by atoms with Gasteiger partial charge in [-0.25, -0.2) is 13.2 Å². The number of nitrogens with one attached hydrogen (secondary N) is 1. The topological polar surface area (TPSA) is 85.6 Å². The molecule has 0 spiro atoms. The summed E-state index contributed by atoms with van der Waals surface area (Å²) in [5.74, 6) is 0.353. The van der Waals surface area contributed by atoms with Crippen molar-refractivity contribution in [3.63, 3.8) is 0 Å². The van der Waals surface area contributed by atoms with Crippen LogP contribution in [0.5, 0.6) is 0 Å². The quantitative estimate of drug-likeness (QED) is 0.798. The van der Waals surface area contributed by atoms with Crippen LogP contribution in [0.2, 0.25) is 0 Å². The maximum Gasteiger partial charge on any atom is 0.374 e. The first-order valence-electron chi connectivity index (χ1n) is 6.07. The van der Waals surface area contributed by atoms with E-state index in [1.165, 1.54) is 13.4 Å². The van der Waals surface area contributed by atoms with E-state index in [-0.39, 0.29) is 23.2 Å². The Morgan fingerprint density at radius 3 is 3.00 bits per heavy atom. The number of carbonyl (C=O) groups is 1. The fraction of sp³-hybridized carbons (Fsp3) is 0.583. The summed E-state index contributed by atoms with van der Waals surface area (Å²) in [6.45, 7) is 1.07. The lowest BCUT2D eigenvalue weighted by atomic mass is 10.1. The third-order valence-corrected chi connectivity index (χ3v) is 5.03. The summed E-state index contributed by atoms with van der Waals surface area (Å²) in [6, 6.07) is 1.70. The molecule has 1 aliphatic rings. The SMILES string of the molecule is COC(=O)c1occc1CNCC1CCS(=O)(=O)C1. The molecule has 106 valence electrons. The Hall–Kier alpha value is -1.34. The largest absolute Gasteiger partial charge is 0.463 e. The lowest BCUT2D eigenvalue weighted by Crippen LogP contribution is -2.23. The molecular weight excluding hydrogens is 270 g/mol. The molecule has 0 amide bonds. The highest BCUT2D eigenvalue weighted by atomic mass is 32.2. The molecule has 1 aromatic rings. The predicted octanol–water partition coefficient (Wildman–Crippen LogP) is 0.591. The van der Waals surface area contributed by atoms with Gasteiger partial charge in [-0.3, -0.25) is 0 Å². The zero-order valence-corrected chi connectivity index (χ0v) is 11.5. The lowest BCUT2D eigenvalue weighted by Gasteiger charge is -2.09. The molecule has 1 N–H and O–H groups in total. The van der Waals surface area contributed by atoms with Gasteiger partial charge in [0.25, 0.3) is 0 Å². The van der Waals surface area contributed by atoms with Crippen LogP contribution < -0.4 is 5.32 Å². The van der Waals surface area contributed by atoms with Gasteiger partial charge in [-0.1, -0.05) is 0 Å². The van der Waals surface area contributed by atoms with Crippen LogP contribution in [0.4, 0.5) is 0 Å². The monoisotopic (exact) mass is 287 g/mol. The van der Waals surface area contributed by atoms with Crippen LogP contribution >= 0.6 is 0 Å². The third-order valence-electron chi connectivity index (χ3n) is 3.19. The van der Waals surface area contributed by atoms with Crippen molar-refractivity contribution in [2.24, 2.45) is 5.92 Å². The molecule has 0 radical (unpaired) electrons. The van der Waals surface area contributed by atoms with E-state index in [0.29, 0.717) is 25.1 Å². The van der Waals surface area contributed by atoms with E-state index in [1.54, 1.807) is 6.07 Å². The van der Waals surface area contributed by atoms with Crippen LogP contribution in [0.1, 0.15) is 22.5 Å². The average molecular weight is 287 g/mol. The van der Waals surface area contributed by atoms with Crippen molar-refractivity contribution in [3.8, 4) is 0 Å². The first-order valence-corrected chi connectivity index (χ1v) is 7.90. The number of methoxy groups -OCH3 is 1. The van der Waals surface area contributed by atoms with Crippen molar-refractivity contribution >= 4 is 15.8 Å². The molecule has 0 saturated carbocycles. The van der Waals surface area contributed by atoms with Crippen LogP contribution in [-0.4, -0.2) is 39.5 Å². The highest BCUT2D eigenvalue weighted by molar-refractivity contribution is 7.91. The zero-order valence-electron chi connectivity index (χ0n) is 10.7. The lowest BCUT2D eigenvalue weighted by molar-refractivity contribution is 0.0563. The molecule has 1 unspecified atom stereocenters. The second kappa shape index (κ2) is 5.75. The average Bonchev–Trinajstić information content (AvgIpc) is 2.95. The highest BCUT2D eigenvalue weighted by Crippen LogP contribution is 2.18. The first-order chi connectivity index (χ1) is 9.02. The highest BCUT2D eigenvalue weighted by Gasteiger charge is 2.27. The molecular formula is C12H17NO5S. The summed E-state index contributed by atoms with van der Waals surface area (Å²) in [7, 11) is -1.54. The Kier molecular flexibility index (Phi) is 4.26. The Labute approximate surface area is 112 Å². The van der Waals surface area contributed by atoms with Crippen LogP contribution in [0.15, 0.2) is 16.7 Å². The van der Waals surface area contributed by atoms with Gasteiger partial charge in [-0.15, -0.1) is 0 Å². The van der Waals surface area contributed by atoms with E-state index in [1.807, 2.05) is 0 Å². The molecule has 1 aliphatic heterocycles. The number of hydrogen-bond donors (Lipinski definition) is 1. The minimum Gasteiger partial charge on any atom is -0.463 e. The van der Waals surface area contributed by atoms with E-state index in [0.717, 1.165) is 0 Å². The van der Waals surface area contributed by atoms with Gasteiger partial charge in [-0.2, -0.15) is 0 Å². The van der Waals surface area contributed by atoms with Gasteiger partial charge in [0.1, 0.15) is 0 Å². The maximum absolute atomic E-state index is 11.4. The van der Waals surface area contributed by atoms with Crippen LogP contribution in [0, 0.1) is 5.92 Å². The van der Waals surface area contributed by atoms with Crippen molar-refractivity contribution < 1.29 is 22.4 Å². The molecule has 1 aromatic heterocycles. The minimum atomic E-state index is -2.84. The van der Waals surface area contributed by atoms with E-state index in [9.17, 15) is 13.2 Å². The molecule has 6 nitrogen and oxygen atoms in total. The minimum absolute atomic E-state index is 0.151. The Morgan fingerprint density at radius 2 is 2.37 bits per heavy atom. The number of rotatable bonds is 5. The zero-order chi connectivity index (χ0) is 13.9. The number of carbonyl (C=O) groups excluding carboxylic acids is 1. The van der Waals surface area contributed by atoms with Gasteiger partial charge in [0.15, 0.2) is 9.84 Å². The van der Waals surface area contributed by atoms with Gasteiger partial charge in [0.2, 0.25) is 5.76 Å². The molecule has 7 heteroatoms. The van der Waals surface area contributed by atoms with E-state index < -0.39 is 15.8 Å². The molecule has 0 aliphatic carbocycles. The van der Waals surface area contributed by atoms with Gasteiger partial charge in [-0.05, 0) is 24.9 Å². The van der Waals surface area contributed by atoms with Gasteiger partial charge < -0.3 is 14.5 Å². The van der Waals surface area contributed by atoms with Crippen LogP contribution in [0.3, 0.4) is 0 Å². The van der Waals surface area contributed by atoms with Crippen molar-refractivity contribution in [1.82, 2.24) is 5.32 Å². The number of esters is 1. The number of furan rings is 1. The van der Waals surface area contributed by atoms with Gasteiger partial charge >= 0.3 is 5.97 Å². The van der Waals surface area contributed by atoms with E-state index >= 15 is 0 Å². The Morgan fingerprint density at radius 1 is 1.58 bits per heavy atom. The molecule has 0 bridgehead atoms. The Balaban J connectivity index is 1.84. The van der Waals surface area contributed by atoms with Crippen LogP contribution in [0.25, 0.3) is 0 Å². The number of hydrogen-bond acceptors (Lipinski definition) is 6.